The zero-order valence-electron chi connectivity index (χ0n) is 29.4. The first-order valence-electron chi connectivity index (χ1n) is 17.0. The lowest BCUT2D eigenvalue weighted by Gasteiger charge is -2.12. The summed E-state index contributed by atoms with van der Waals surface area (Å²) in [6.45, 7) is 10.8. The number of hydrogen-bond acceptors (Lipinski definition) is 2. The lowest BCUT2D eigenvalue weighted by molar-refractivity contribution is 1.23. The van der Waals surface area contributed by atoms with Crippen molar-refractivity contribution in [3.63, 3.8) is 0 Å². The van der Waals surface area contributed by atoms with Gasteiger partial charge in [0, 0.05) is 9.81 Å². The van der Waals surface area contributed by atoms with Crippen LogP contribution in [-0.2, 0) is 0 Å². The number of hydrogen-bond donors (Lipinski definition) is 1. The molecule has 0 heterocycles. The maximum absolute atomic E-state index is 5.51. The van der Waals surface area contributed by atoms with Crippen LogP contribution in [-0.4, -0.2) is 0 Å². The minimum absolute atomic E-state index is 0.979. The maximum Gasteiger partial charge on any atom is 0.0154 e. The van der Waals surface area contributed by atoms with Gasteiger partial charge in [-0.05, 0) is 82.3 Å². The largest absolute Gasteiger partial charge is 0.405 e. The normalized spacial score (nSPS) is 12.5. The van der Waals surface area contributed by atoms with Crippen molar-refractivity contribution in [2.45, 2.75) is 27.2 Å². The monoisotopic (exact) mass is 669 g/mol. The molecule has 0 saturated heterocycles. The Kier molecular flexibility index (Phi) is 15.4. The van der Waals surface area contributed by atoms with E-state index in [-0.39, 0.29) is 0 Å². The van der Waals surface area contributed by atoms with Crippen LogP contribution < -0.4 is 5.73 Å². The second kappa shape index (κ2) is 20.7. The van der Waals surface area contributed by atoms with Crippen LogP contribution in [0.5, 0.6) is 0 Å². The Morgan fingerprint density at radius 1 is 0.640 bits per heavy atom. The van der Waals surface area contributed by atoms with E-state index in [9.17, 15) is 0 Å². The smallest absolute Gasteiger partial charge is 0.0154 e. The number of rotatable bonds is 12. The average Bonchev–Trinajstić information content (AvgIpc) is 3.15. The van der Waals surface area contributed by atoms with E-state index in [2.05, 4.69) is 155 Å². The van der Waals surface area contributed by atoms with Gasteiger partial charge in [0.1, 0.15) is 0 Å². The Balaban J connectivity index is 0.000000428. The van der Waals surface area contributed by atoms with E-state index in [1.165, 1.54) is 37.9 Å². The van der Waals surface area contributed by atoms with Crippen molar-refractivity contribution in [1.82, 2.24) is 0 Å². The lowest BCUT2D eigenvalue weighted by Crippen LogP contribution is -1.86. The summed E-state index contributed by atoms with van der Waals surface area (Å²) >= 11 is 1.74. The molecular weight excluding hydrogens is 623 g/mol. The summed E-state index contributed by atoms with van der Waals surface area (Å²) in [7, 11) is 0. The molecule has 0 radical (unpaired) electrons. The summed E-state index contributed by atoms with van der Waals surface area (Å²) in [6, 6.07) is 42.2. The number of aryl methyl sites for hydroxylation is 2. The molecule has 5 aromatic rings. The summed E-state index contributed by atoms with van der Waals surface area (Å²) in [6.07, 6.45) is 25.0. The van der Waals surface area contributed by atoms with Crippen LogP contribution in [0.4, 0.5) is 0 Å². The molecule has 50 heavy (non-hydrogen) atoms. The summed E-state index contributed by atoms with van der Waals surface area (Å²) < 4.78 is 0. The fraction of sp³-hybridized carbons (Fsp3) is 0.0833. The summed E-state index contributed by atoms with van der Waals surface area (Å²) in [5.74, 6) is 0. The van der Waals surface area contributed by atoms with Crippen molar-refractivity contribution in [2.24, 2.45) is 5.73 Å². The first kappa shape index (κ1) is 37.3. The molecule has 5 aromatic carbocycles. The topological polar surface area (TPSA) is 26.0 Å². The molecule has 0 aromatic heterocycles. The van der Waals surface area contributed by atoms with Crippen LogP contribution in [0.25, 0.3) is 32.2 Å². The van der Waals surface area contributed by atoms with Crippen LogP contribution in [0.15, 0.2) is 195 Å². The van der Waals surface area contributed by atoms with Gasteiger partial charge in [-0.2, -0.15) is 0 Å². The van der Waals surface area contributed by atoms with E-state index in [1.54, 1.807) is 18.0 Å². The fourth-order valence-electron chi connectivity index (χ4n) is 5.24. The Morgan fingerprint density at radius 3 is 2.00 bits per heavy atom. The fourth-order valence-corrected chi connectivity index (χ4v) is 6.35. The second-order valence-corrected chi connectivity index (χ2v) is 12.7. The molecular formula is C48H47NS. The molecule has 0 aliphatic heterocycles. The van der Waals surface area contributed by atoms with E-state index in [1.807, 2.05) is 60.7 Å². The van der Waals surface area contributed by atoms with Crippen LogP contribution in [0.1, 0.15) is 46.7 Å². The van der Waals surface area contributed by atoms with Crippen molar-refractivity contribution in [1.29, 1.82) is 0 Å². The highest BCUT2D eigenvalue weighted by Crippen LogP contribution is 2.39. The number of benzene rings is 5. The third kappa shape index (κ3) is 11.8. The molecule has 1 nitrogen and oxygen atoms in total. The van der Waals surface area contributed by atoms with Gasteiger partial charge in [0.05, 0.1) is 0 Å². The summed E-state index contributed by atoms with van der Waals surface area (Å²) in [5, 5.41) is 2.68. The zero-order valence-corrected chi connectivity index (χ0v) is 30.2. The number of allylic oxidation sites excluding steroid dienone is 11. The van der Waals surface area contributed by atoms with Crippen LogP contribution in [0.3, 0.4) is 0 Å². The molecule has 250 valence electrons. The Morgan fingerprint density at radius 2 is 1.28 bits per heavy atom. The van der Waals surface area contributed by atoms with Crippen molar-refractivity contribution in [2.75, 3.05) is 0 Å². The molecule has 0 fully saturated rings. The van der Waals surface area contributed by atoms with E-state index in [0.717, 1.165) is 28.0 Å². The van der Waals surface area contributed by atoms with Gasteiger partial charge in [0.25, 0.3) is 0 Å². The van der Waals surface area contributed by atoms with Crippen molar-refractivity contribution >= 4 is 44.0 Å². The van der Waals surface area contributed by atoms with Gasteiger partial charge in [-0.15, -0.1) is 0 Å². The highest BCUT2D eigenvalue weighted by molar-refractivity contribution is 8.16. The van der Waals surface area contributed by atoms with Gasteiger partial charge < -0.3 is 5.73 Å². The third-order valence-corrected chi connectivity index (χ3v) is 8.97. The molecule has 0 spiro atoms. The summed E-state index contributed by atoms with van der Waals surface area (Å²) in [5.41, 5.74) is 13.9. The Hall–Kier alpha value is -5.57. The van der Waals surface area contributed by atoms with Gasteiger partial charge in [-0.1, -0.05) is 207 Å². The molecule has 5 rings (SSSR count). The number of nitrogens with two attached hydrogens (primary N) is 1. The predicted molar refractivity (Wildman–Crippen MR) is 225 cm³/mol. The molecule has 0 aliphatic rings. The number of thioether (sulfide) groups is 1. The average molecular weight is 670 g/mol. The lowest BCUT2D eigenvalue weighted by atomic mass is 10.1. The minimum Gasteiger partial charge on any atom is -0.405 e. The van der Waals surface area contributed by atoms with E-state index in [0.29, 0.717) is 0 Å². The van der Waals surface area contributed by atoms with Crippen molar-refractivity contribution < 1.29 is 0 Å². The maximum atomic E-state index is 5.51. The Labute approximate surface area is 304 Å². The minimum atomic E-state index is 0.979. The molecule has 0 amide bonds. The molecule has 2 heteroatoms. The number of fused-ring (bicyclic) bond motifs is 1. The molecule has 0 atom stereocenters. The van der Waals surface area contributed by atoms with Gasteiger partial charge >= 0.3 is 0 Å². The predicted octanol–water partition coefficient (Wildman–Crippen LogP) is 13.5. The van der Waals surface area contributed by atoms with Gasteiger partial charge in [-0.25, -0.2) is 0 Å². The standard InChI is InChI=1S/C37H37NS.C11H10/c1-4-17-37(39-31(3)36-24-15-14-18-30(36)2)35-27-25-32(26-28-35)19-10-7-5-6-8-11-20-34(23-16-29-38)33-21-12-9-13-22-33;1-9-5-4-7-10-6-2-3-8-11(9)10/h5-29H,3-4,38H2,1-2H3;2-8H,1H3/b7-5-,8-6+,19-10-,20-11-,29-16+,34-23+,37-17-;. The second-order valence-electron chi connectivity index (χ2n) is 11.6. The van der Waals surface area contributed by atoms with Gasteiger partial charge in [0.15, 0.2) is 0 Å². The SMILES string of the molecule is C=C(S/C(=C\CC)c1ccc(\C=C/C=C\C=C\C=C/C(=C\C=C\N)c2ccccc2)cc1)c1ccccc1C.Cc1cccc2ccccc12. The van der Waals surface area contributed by atoms with Crippen LogP contribution in [0.2, 0.25) is 0 Å². The Bertz CT molecular complexity index is 2030. The third-order valence-electron chi connectivity index (χ3n) is 7.89. The first-order chi connectivity index (χ1) is 24.5. The molecule has 0 saturated carbocycles. The molecule has 0 unspecified atom stereocenters. The highest BCUT2D eigenvalue weighted by atomic mass is 32.2. The van der Waals surface area contributed by atoms with Gasteiger partial charge in [0.2, 0.25) is 0 Å². The van der Waals surface area contributed by atoms with E-state index >= 15 is 0 Å². The highest BCUT2D eigenvalue weighted by Gasteiger charge is 2.08. The quantitative estimate of drug-likeness (QED) is 0.134. The summed E-state index contributed by atoms with van der Waals surface area (Å²) in [4.78, 5) is 2.31. The van der Waals surface area contributed by atoms with Crippen molar-refractivity contribution in [3.8, 4) is 0 Å². The molecule has 2 N–H and O–H groups in total. The van der Waals surface area contributed by atoms with Crippen molar-refractivity contribution in [3.05, 3.63) is 228 Å². The van der Waals surface area contributed by atoms with Gasteiger partial charge in [-0.3, -0.25) is 0 Å². The first-order valence-corrected chi connectivity index (χ1v) is 17.8. The van der Waals surface area contributed by atoms with Crippen LogP contribution >= 0.6 is 11.8 Å². The molecule has 0 aliphatic carbocycles. The van der Waals surface area contributed by atoms with Crippen LogP contribution in [0, 0.1) is 13.8 Å². The van der Waals surface area contributed by atoms with E-state index in [4.69, 9.17) is 5.73 Å². The molecule has 0 bridgehead atoms. The van der Waals surface area contributed by atoms with E-state index < -0.39 is 0 Å². The zero-order chi connectivity index (χ0) is 35.4.